The highest BCUT2D eigenvalue weighted by molar-refractivity contribution is 6.00. The number of aromatic nitrogens is 4. The molecule has 3 atom stereocenters. The van der Waals surface area contributed by atoms with Crippen LogP contribution in [0.2, 0.25) is 0 Å². The number of hydrogen-bond acceptors (Lipinski definition) is 6. The Labute approximate surface area is 265 Å². The normalized spacial score (nSPS) is 20.7. The molecule has 236 valence electrons. The van der Waals surface area contributed by atoms with Crippen LogP contribution in [0.1, 0.15) is 41.6 Å². The third-order valence-corrected chi connectivity index (χ3v) is 10.1. The number of likely N-dealkylation sites (tertiary alicyclic amines) is 1. The summed E-state index contributed by atoms with van der Waals surface area (Å²) in [5.74, 6) is 1.13. The van der Waals surface area contributed by atoms with E-state index >= 15 is 0 Å². The Morgan fingerprint density at radius 1 is 1.04 bits per heavy atom. The number of methoxy groups -OCH3 is 1. The fourth-order valence-electron chi connectivity index (χ4n) is 7.52. The fourth-order valence-corrected chi connectivity index (χ4v) is 7.52. The van der Waals surface area contributed by atoms with Crippen LogP contribution in [0.25, 0.3) is 44.8 Å². The Balaban J connectivity index is 1.21. The first kappa shape index (κ1) is 28.7. The molecular formula is C35H36FN7O3. The zero-order chi connectivity index (χ0) is 31.9. The number of carbonyl (C=O) groups is 2. The number of nitrogens with two attached hydrogens (primary N) is 2. The molecule has 0 radical (unpaired) electrons. The molecule has 2 unspecified atom stereocenters. The summed E-state index contributed by atoms with van der Waals surface area (Å²) in [6.07, 6.45) is 4.16. The third-order valence-electron chi connectivity index (χ3n) is 10.1. The SMILES string of the molecule is COc1cc(C(=O)N2CC3CCC2[C@@H]3N)cc2nc(-c3cc4ccc(-c5ccc(CC(N)=O)c(F)c5)nc4n3CC3CC3)n(C)c12. The molecule has 3 aromatic heterocycles. The van der Waals surface area contributed by atoms with E-state index in [2.05, 4.69) is 10.6 Å². The molecule has 46 heavy (non-hydrogen) atoms. The van der Waals surface area contributed by atoms with Gasteiger partial charge in [0.1, 0.15) is 22.7 Å². The van der Waals surface area contributed by atoms with Crippen molar-refractivity contribution in [2.24, 2.45) is 30.4 Å². The number of benzene rings is 2. The van der Waals surface area contributed by atoms with Crippen LogP contribution in [0, 0.1) is 17.7 Å². The summed E-state index contributed by atoms with van der Waals surface area (Å²) in [5, 5.41) is 0.945. The number of carbonyl (C=O) groups excluding carboxylic acids is 2. The van der Waals surface area contributed by atoms with E-state index in [4.69, 9.17) is 26.2 Å². The monoisotopic (exact) mass is 621 g/mol. The molecule has 5 aromatic rings. The minimum atomic E-state index is -0.581. The van der Waals surface area contributed by atoms with Gasteiger partial charge in [0.25, 0.3) is 5.91 Å². The Bertz CT molecular complexity index is 2060. The van der Waals surface area contributed by atoms with Crippen molar-refractivity contribution < 1.29 is 18.7 Å². The first-order chi connectivity index (χ1) is 22.2. The van der Waals surface area contributed by atoms with E-state index in [1.54, 1.807) is 19.2 Å². The predicted molar refractivity (Wildman–Crippen MR) is 173 cm³/mol. The van der Waals surface area contributed by atoms with Crippen molar-refractivity contribution in [2.75, 3.05) is 13.7 Å². The van der Waals surface area contributed by atoms with Crippen molar-refractivity contribution in [3.05, 3.63) is 65.5 Å². The lowest BCUT2D eigenvalue weighted by Crippen LogP contribution is -2.41. The number of imidazole rings is 1. The van der Waals surface area contributed by atoms with E-state index in [0.717, 1.165) is 60.3 Å². The summed E-state index contributed by atoms with van der Waals surface area (Å²) in [6.45, 7) is 1.47. The van der Waals surface area contributed by atoms with Crippen LogP contribution in [0.4, 0.5) is 4.39 Å². The minimum Gasteiger partial charge on any atom is -0.494 e. The maximum absolute atomic E-state index is 14.8. The lowest BCUT2D eigenvalue weighted by atomic mass is 10.1. The standard InChI is InChI=1S/C35H36FN7O3/c1-41-32-26(12-23(14-29(32)46-2)35(45)43-17-22-8-10-27(43)31(22)38)40-34(41)28-13-21-7-9-25(39-33(21)42(28)16-18-3-4-18)20-6-5-19(15-30(37)44)24(36)11-20/h5-7,9,11-14,18,22,27,31H,3-4,8,10,15-17,38H2,1-2H3,(H2,37,44)/t22?,27?,31-/m1/s1. The number of piperidine rings is 1. The molecule has 3 fully saturated rings. The summed E-state index contributed by atoms with van der Waals surface area (Å²) in [4.78, 5) is 37.1. The maximum Gasteiger partial charge on any atom is 0.254 e. The maximum atomic E-state index is 14.8. The summed E-state index contributed by atoms with van der Waals surface area (Å²) in [7, 11) is 3.57. The zero-order valence-corrected chi connectivity index (χ0v) is 25.9. The van der Waals surface area contributed by atoms with Crippen LogP contribution in [-0.4, -0.2) is 61.6 Å². The number of primary amides is 1. The molecule has 4 N–H and O–H groups in total. The summed E-state index contributed by atoms with van der Waals surface area (Å²) < 4.78 is 24.9. The van der Waals surface area contributed by atoms with Crippen molar-refractivity contribution in [3.8, 4) is 28.5 Å². The second-order valence-electron chi connectivity index (χ2n) is 13.1. The fraction of sp³-hybridized carbons (Fsp3) is 0.371. The number of hydrogen-bond donors (Lipinski definition) is 2. The Morgan fingerprint density at radius 2 is 1.87 bits per heavy atom. The van der Waals surface area contributed by atoms with E-state index in [0.29, 0.717) is 46.5 Å². The van der Waals surface area contributed by atoms with Gasteiger partial charge in [0.2, 0.25) is 5.91 Å². The van der Waals surface area contributed by atoms with Crippen molar-refractivity contribution >= 4 is 33.9 Å². The van der Waals surface area contributed by atoms with Gasteiger partial charge < -0.3 is 30.2 Å². The average Bonchev–Trinajstić information content (AvgIpc) is 3.45. The molecule has 2 bridgehead atoms. The lowest BCUT2D eigenvalue weighted by molar-refractivity contribution is -0.117. The molecule has 2 aliphatic carbocycles. The molecular weight excluding hydrogens is 585 g/mol. The van der Waals surface area contributed by atoms with E-state index < -0.39 is 11.7 Å². The van der Waals surface area contributed by atoms with Gasteiger partial charge in [-0.2, -0.15) is 0 Å². The van der Waals surface area contributed by atoms with Crippen LogP contribution < -0.4 is 16.2 Å². The molecule has 11 heteroatoms. The third kappa shape index (κ3) is 4.63. The van der Waals surface area contributed by atoms with Gasteiger partial charge in [-0.25, -0.2) is 14.4 Å². The van der Waals surface area contributed by atoms with E-state index in [1.165, 1.54) is 6.07 Å². The number of ether oxygens (including phenoxy) is 1. The number of aryl methyl sites for hydroxylation is 1. The van der Waals surface area contributed by atoms with Gasteiger partial charge in [-0.05, 0) is 79.5 Å². The molecule has 0 spiro atoms. The van der Waals surface area contributed by atoms with Crippen LogP contribution in [0.5, 0.6) is 5.75 Å². The molecule has 2 aromatic carbocycles. The number of amides is 2. The second-order valence-corrected chi connectivity index (χ2v) is 13.1. The molecule has 2 amide bonds. The molecule has 3 aliphatic rings. The Kier molecular flexibility index (Phi) is 6.64. The second kappa shape index (κ2) is 10.7. The summed E-state index contributed by atoms with van der Waals surface area (Å²) >= 11 is 0. The van der Waals surface area contributed by atoms with Crippen LogP contribution in [0.15, 0.2) is 48.5 Å². The number of nitrogens with zero attached hydrogens (tertiary/aromatic N) is 5. The Morgan fingerprint density at radius 3 is 2.54 bits per heavy atom. The highest BCUT2D eigenvalue weighted by atomic mass is 19.1. The molecule has 8 rings (SSSR count). The predicted octanol–water partition coefficient (Wildman–Crippen LogP) is 4.40. The lowest BCUT2D eigenvalue weighted by Gasteiger charge is -2.27. The first-order valence-electron chi connectivity index (χ1n) is 15.9. The number of rotatable bonds is 8. The highest BCUT2D eigenvalue weighted by Crippen LogP contribution is 2.40. The number of fused-ring (bicyclic) bond motifs is 4. The van der Waals surface area contributed by atoms with E-state index in [-0.39, 0.29) is 30.0 Å². The van der Waals surface area contributed by atoms with E-state index in [9.17, 15) is 14.0 Å². The minimum absolute atomic E-state index is 0.0336. The molecule has 1 saturated heterocycles. The number of halogens is 1. The highest BCUT2D eigenvalue weighted by Gasteiger charge is 2.47. The van der Waals surface area contributed by atoms with Crippen molar-refractivity contribution in [1.29, 1.82) is 0 Å². The molecule has 10 nitrogen and oxygen atoms in total. The first-order valence-corrected chi connectivity index (χ1v) is 15.9. The summed E-state index contributed by atoms with van der Waals surface area (Å²) in [6, 6.07) is 14.5. The van der Waals surface area contributed by atoms with Crippen LogP contribution >= 0.6 is 0 Å². The molecule has 2 saturated carbocycles. The van der Waals surface area contributed by atoms with Crippen molar-refractivity contribution in [3.63, 3.8) is 0 Å². The van der Waals surface area contributed by atoms with Gasteiger partial charge in [0, 0.05) is 48.7 Å². The van der Waals surface area contributed by atoms with Gasteiger partial charge >= 0.3 is 0 Å². The van der Waals surface area contributed by atoms with E-state index in [1.807, 2.05) is 40.8 Å². The topological polar surface area (TPSA) is 134 Å². The smallest absolute Gasteiger partial charge is 0.254 e. The van der Waals surface area contributed by atoms with Gasteiger partial charge in [0.15, 0.2) is 5.82 Å². The Hall–Kier alpha value is -4.77. The molecule has 4 heterocycles. The van der Waals surface area contributed by atoms with Crippen LogP contribution in [0.3, 0.4) is 0 Å². The summed E-state index contributed by atoms with van der Waals surface area (Å²) in [5.41, 5.74) is 16.9. The molecule has 1 aliphatic heterocycles. The van der Waals surface area contributed by atoms with Crippen molar-refractivity contribution in [1.82, 2.24) is 24.0 Å². The largest absolute Gasteiger partial charge is 0.494 e. The van der Waals surface area contributed by atoms with Gasteiger partial charge in [-0.15, -0.1) is 0 Å². The average molecular weight is 622 g/mol. The van der Waals surface area contributed by atoms with Crippen molar-refractivity contribution in [2.45, 2.75) is 50.7 Å². The zero-order valence-electron chi connectivity index (χ0n) is 25.9. The van der Waals surface area contributed by atoms with Crippen LogP contribution in [-0.2, 0) is 24.8 Å². The van der Waals surface area contributed by atoms with Gasteiger partial charge in [-0.3, -0.25) is 9.59 Å². The number of pyridine rings is 1. The van der Waals surface area contributed by atoms with Gasteiger partial charge in [0.05, 0.1) is 30.4 Å². The quantitative estimate of drug-likeness (QED) is 0.264. The van der Waals surface area contributed by atoms with Gasteiger partial charge in [-0.1, -0.05) is 12.1 Å².